The number of aromatic nitrogens is 2. The van der Waals surface area contributed by atoms with Crippen LogP contribution in [-0.2, 0) is 16.6 Å². The predicted molar refractivity (Wildman–Crippen MR) is 111 cm³/mol. The number of carbonyl (C=O) groups is 1. The number of rotatable bonds is 7. The molecule has 0 aliphatic heterocycles. The fourth-order valence-electron chi connectivity index (χ4n) is 2.96. The summed E-state index contributed by atoms with van der Waals surface area (Å²) < 4.78 is 7.60. The molecule has 0 unspecified atom stereocenters. The summed E-state index contributed by atoms with van der Waals surface area (Å²) in [5, 5.41) is 7.28. The van der Waals surface area contributed by atoms with E-state index in [0.29, 0.717) is 6.54 Å². The molecule has 0 aliphatic rings. The van der Waals surface area contributed by atoms with Crippen LogP contribution in [0.4, 0.5) is 0 Å². The second-order valence-corrected chi connectivity index (χ2v) is 7.76. The third-order valence-electron chi connectivity index (χ3n) is 4.45. The molecule has 0 radical (unpaired) electrons. The average molecular weight is 377 g/mol. The Balaban J connectivity index is 1.47. The summed E-state index contributed by atoms with van der Waals surface area (Å²) >= 11 is 0. The SMILES string of the molecule is CC(C)(C)c1ccccc1OCC(=O)NCCc1cnn(-c2ccccc2)c1. The standard InChI is InChI=1S/C23H27N3O2/c1-23(2,3)20-11-7-8-12-21(20)28-17-22(27)24-14-13-18-15-25-26(16-18)19-9-5-4-6-10-19/h4-12,15-16H,13-14,17H2,1-3H3,(H,24,27). The molecule has 5 nitrogen and oxygen atoms in total. The van der Waals surface area contributed by atoms with Crippen molar-refractivity contribution in [2.45, 2.75) is 32.6 Å². The Morgan fingerprint density at radius 3 is 2.54 bits per heavy atom. The van der Waals surface area contributed by atoms with Crippen LogP contribution in [0.15, 0.2) is 67.0 Å². The van der Waals surface area contributed by atoms with Crippen molar-refractivity contribution in [2.24, 2.45) is 0 Å². The fraction of sp³-hybridized carbons (Fsp3) is 0.304. The average Bonchev–Trinajstić information content (AvgIpc) is 3.15. The van der Waals surface area contributed by atoms with Gasteiger partial charge in [0.15, 0.2) is 6.61 Å². The maximum Gasteiger partial charge on any atom is 0.257 e. The van der Waals surface area contributed by atoms with Gasteiger partial charge in [-0.2, -0.15) is 5.10 Å². The minimum absolute atomic E-state index is 0.0103. The van der Waals surface area contributed by atoms with Crippen molar-refractivity contribution >= 4 is 5.91 Å². The molecule has 1 aromatic heterocycles. The number of nitrogens with zero attached hydrogens (tertiary/aromatic N) is 2. The topological polar surface area (TPSA) is 56.1 Å². The van der Waals surface area contributed by atoms with Gasteiger partial charge in [0.2, 0.25) is 0 Å². The molecule has 28 heavy (non-hydrogen) atoms. The van der Waals surface area contributed by atoms with Gasteiger partial charge in [0.25, 0.3) is 5.91 Å². The minimum Gasteiger partial charge on any atom is -0.483 e. The van der Waals surface area contributed by atoms with E-state index in [4.69, 9.17) is 4.74 Å². The van der Waals surface area contributed by atoms with Crippen LogP contribution in [0, 0.1) is 0 Å². The van der Waals surface area contributed by atoms with Crippen LogP contribution in [0.1, 0.15) is 31.9 Å². The van der Waals surface area contributed by atoms with Crippen molar-refractivity contribution in [3.63, 3.8) is 0 Å². The zero-order valence-corrected chi connectivity index (χ0v) is 16.7. The first-order chi connectivity index (χ1) is 13.4. The predicted octanol–water partition coefficient (Wildman–Crippen LogP) is 3.91. The van der Waals surface area contributed by atoms with E-state index in [9.17, 15) is 4.79 Å². The Morgan fingerprint density at radius 2 is 1.79 bits per heavy atom. The molecule has 3 aromatic rings. The number of para-hydroxylation sites is 2. The number of hydrogen-bond donors (Lipinski definition) is 1. The van der Waals surface area contributed by atoms with Gasteiger partial charge in [-0.1, -0.05) is 57.2 Å². The van der Waals surface area contributed by atoms with Crippen LogP contribution < -0.4 is 10.1 Å². The second-order valence-electron chi connectivity index (χ2n) is 7.76. The normalized spacial score (nSPS) is 11.2. The molecule has 0 spiro atoms. The van der Waals surface area contributed by atoms with E-state index in [-0.39, 0.29) is 17.9 Å². The molecular formula is C23H27N3O2. The highest BCUT2D eigenvalue weighted by Crippen LogP contribution is 2.30. The summed E-state index contributed by atoms with van der Waals surface area (Å²) in [6.45, 7) is 6.95. The Hall–Kier alpha value is -3.08. The molecule has 0 fully saturated rings. The lowest BCUT2D eigenvalue weighted by molar-refractivity contribution is -0.123. The second kappa shape index (κ2) is 8.74. The van der Waals surface area contributed by atoms with Crippen LogP contribution in [0.3, 0.4) is 0 Å². The quantitative estimate of drug-likeness (QED) is 0.679. The third-order valence-corrected chi connectivity index (χ3v) is 4.45. The van der Waals surface area contributed by atoms with E-state index in [1.807, 2.05) is 71.7 Å². The Kier molecular flexibility index (Phi) is 6.14. The molecule has 1 amide bonds. The van der Waals surface area contributed by atoms with Crippen LogP contribution in [0.2, 0.25) is 0 Å². The summed E-state index contributed by atoms with van der Waals surface area (Å²) in [5.74, 6) is 0.633. The summed E-state index contributed by atoms with van der Waals surface area (Å²) in [6.07, 6.45) is 4.53. The molecule has 0 atom stereocenters. The summed E-state index contributed by atoms with van der Waals surface area (Å²) in [5.41, 5.74) is 3.15. The zero-order valence-electron chi connectivity index (χ0n) is 16.7. The Bertz CT molecular complexity index is 911. The van der Waals surface area contributed by atoms with Gasteiger partial charge >= 0.3 is 0 Å². The van der Waals surface area contributed by atoms with Crippen LogP contribution in [-0.4, -0.2) is 28.8 Å². The number of nitrogens with one attached hydrogen (secondary N) is 1. The van der Waals surface area contributed by atoms with Crippen molar-refractivity contribution in [3.8, 4) is 11.4 Å². The van der Waals surface area contributed by atoms with Gasteiger partial charge in [-0.25, -0.2) is 4.68 Å². The maximum atomic E-state index is 12.1. The van der Waals surface area contributed by atoms with Crippen molar-refractivity contribution < 1.29 is 9.53 Å². The highest BCUT2D eigenvalue weighted by Gasteiger charge is 2.18. The summed E-state index contributed by atoms with van der Waals surface area (Å²) in [4.78, 5) is 12.1. The minimum atomic E-state index is -0.126. The molecule has 1 heterocycles. The van der Waals surface area contributed by atoms with Crippen LogP contribution >= 0.6 is 0 Å². The first kappa shape index (κ1) is 19.7. The van der Waals surface area contributed by atoms with E-state index in [2.05, 4.69) is 31.2 Å². The van der Waals surface area contributed by atoms with Crippen LogP contribution in [0.5, 0.6) is 5.75 Å². The molecule has 0 aliphatic carbocycles. The van der Waals surface area contributed by atoms with Gasteiger partial charge in [0.05, 0.1) is 11.9 Å². The molecule has 5 heteroatoms. The molecule has 2 aromatic carbocycles. The Labute approximate surface area is 166 Å². The van der Waals surface area contributed by atoms with Gasteiger partial charge in [-0.3, -0.25) is 4.79 Å². The van der Waals surface area contributed by atoms with Crippen molar-refractivity contribution in [3.05, 3.63) is 78.1 Å². The molecular weight excluding hydrogens is 350 g/mol. The van der Waals surface area contributed by atoms with Crippen LogP contribution in [0.25, 0.3) is 5.69 Å². The number of amides is 1. The van der Waals surface area contributed by atoms with E-state index < -0.39 is 0 Å². The van der Waals surface area contributed by atoms with E-state index >= 15 is 0 Å². The maximum absolute atomic E-state index is 12.1. The highest BCUT2D eigenvalue weighted by molar-refractivity contribution is 5.77. The van der Waals surface area contributed by atoms with Gasteiger partial charge in [-0.05, 0) is 41.2 Å². The zero-order chi connectivity index (χ0) is 20.0. The van der Waals surface area contributed by atoms with Crippen molar-refractivity contribution in [2.75, 3.05) is 13.2 Å². The van der Waals surface area contributed by atoms with E-state index in [1.165, 1.54) is 0 Å². The molecule has 0 saturated carbocycles. The van der Waals surface area contributed by atoms with Gasteiger partial charge in [0.1, 0.15) is 5.75 Å². The molecule has 146 valence electrons. The number of hydrogen-bond acceptors (Lipinski definition) is 3. The Morgan fingerprint density at radius 1 is 1.07 bits per heavy atom. The lowest BCUT2D eigenvalue weighted by atomic mass is 9.86. The molecule has 0 bridgehead atoms. The first-order valence-corrected chi connectivity index (χ1v) is 9.51. The van der Waals surface area contributed by atoms with E-state index in [0.717, 1.165) is 29.0 Å². The lowest BCUT2D eigenvalue weighted by Crippen LogP contribution is -2.31. The smallest absolute Gasteiger partial charge is 0.257 e. The number of benzene rings is 2. The highest BCUT2D eigenvalue weighted by atomic mass is 16.5. The van der Waals surface area contributed by atoms with Crippen molar-refractivity contribution in [1.82, 2.24) is 15.1 Å². The van der Waals surface area contributed by atoms with Gasteiger partial charge in [0, 0.05) is 12.7 Å². The molecule has 1 N–H and O–H groups in total. The number of carbonyl (C=O) groups excluding carboxylic acids is 1. The number of ether oxygens (including phenoxy) is 1. The first-order valence-electron chi connectivity index (χ1n) is 9.51. The van der Waals surface area contributed by atoms with Crippen molar-refractivity contribution in [1.29, 1.82) is 0 Å². The van der Waals surface area contributed by atoms with Gasteiger partial charge < -0.3 is 10.1 Å². The summed E-state index contributed by atoms with van der Waals surface area (Å²) in [7, 11) is 0. The molecule has 3 rings (SSSR count). The fourth-order valence-corrected chi connectivity index (χ4v) is 2.96. The third kappa shape index (κ3) is 5.22. The monoisotopic (exact) mass is 377 g/mol. The van der Waals surface area contributed by atoms with E-state index in [1.54, 1.807) is 0 Å². The van der Waals surface area contributed by atoms with Gasteiger partial charge in [-0.15, -0.1) is 0 Å². The summed E-state index contributed by atoms with van der Waals surface area (Å²) in [6, 6.07) is 17.8. The largest absolute Gasteiger partial charge is 0.483 e. The molecule has 0 saturated heterocycles. The lowest BCUT2D eigenvalue weighted by Gasteiger charge is -2.22.